The summed E-state index contributed by atoms with van der Waals surface area (Å²) < 4.78 is 5.64. The van der Waals surface area contributed by atoms with Gasteiger partial charge in [-0.25, -0.2) is 9.97 Å². The first-order valence-corrected chi connectivity index (χ1v) is 6.14. The average Bonchev–Trinajstić information content (AvgIpc) is 2.32. The molecule has 17 heavy (non-hydrogen) atoms. The molecule has 0 aromatic carbocycles. The lowest BCUT2D eigenvalue weighted by atomic mass is 9.95. The van der Waals surface area contributed by atoms with E-state index in [9.17, 15) is 0 Å². The first-order valence-electron chi connectivity index (χ1n) is 6.14. The van der Waals surface area contributed by atoms with Crippen molar-refractivity contribution in [2.45, 2.75) is 31.6 Å². The predicted molar refractivity (Wildman–Crippen MR) is 63.4 cm³/mol. The molecule has 0 spiro atoms. The smallest absolute Gasteiger partial charge is 0.125 e. The van der Waals surface area contributed by atoms with Gasteiger partial charge in [0.25, 0.3) is 0 Å². The molecule has 3 saturated heterocycles. The Morgan fingerprint density at radius 2 is 2.00 bits per heavy atom. The van der Waals surface area contributed by atoms with Crippen LogP contribution in [0.3, 0.4) is 0 Å². The molecule has 1 aromatic rings. The van der Waals surface area contributed by atoms with Crippen LogP contribution in [0.1, 0.15) is 23.9 Å². The van der Waals surface area contributed by atoms with Crippen molar-refractivity contribution in [2.75, 3.05) is 19.6 Å². The fourth-order valence-corrected chi connectivity index (χ4v) is 2.71. The number of hydrogen-bond donors (Lipinski definition) is 1. The maximum atomic E-state index is 5.90. The zero-order valence-corrected chi connectivity index (χ0v) is 10.0. The van der Waals surface area contributed by atoms with Gasteiger partial charge in [-0.1, -0.05) is 0 Å². The second kappa shape index (κ2) is 4.33. The Balaban J connectivity index is 1.76. The van der Waals surface area contributed by atoms with E-state index in [-0.39, 0.29) is 6.04 Å². The number of aromatic nitrogens is 2. The van der Waals surface area contributed by atoms with Gasteiger partial charge < -0.3 is 10.5 Å². The molecule has 92 valence electrons. The van der Waals surface area contributed by atoms with Crippen molar-refractivity contribution in [1.29, 1.82) is 0 Å². The molecule has 3 fully saturated rings. The molecule has 0 radical (unpaired) electrons. The molecule has 2 bridgehead atoms. The quantitative estimate of drug-likeness (QED) is 0.812. The summed E-state index contributed by atoms with van der Waals surface area (Å²) in [6.45, 7) is 4.45. The third kappa shape index (κ3) is 2.06. The number of rotatable bonds is 3. The van der Waals surface area contributed by atoms with Gasteiger partial charge in [0.05, 0.1) is 18.2 Å². The van der Waals surface area contributed by atoms with E-state index in [1.54, 1.807) is 0 Å². The third-order valence-electron chi connectivity index (χ3n) is 3.64. The first-order chi connectivity index (χ1) is 8.26. The molecule has 4 heterocycles. The van der Waals surface area contributed by atoms with Crippen molar-refractivity contribution in [1.82, 2.24) is 14.9 Å². The molecular weight excluding hydrogens is 216 g/mol. The van der Waals surface area contributed by atoms with Crippen LogP contribution in [-0.2, 0) is 4.74 Å². The van der Waals surface area contributed by atoms with E-state index in [4.69, 9.17) is 10.5 Å². The van der Waals surface area contributed by atoms with Gasteiger partial charge in [-0.05, 0) is 6.92 Å². The fourth-order valence-electron chi connectivity index (χ4n) is 2.71. The van der Waals surface area contributed by atoms with E-state index in [2.05, 4.69) is 14.9 Å². The molecule has 1 aromatic heterocycles. The monoisotopic (exact) mass is 234 g/mol. The number of ether oxygens (including phenoxy) is 1. The molecule has 3 aliphatic heterocycles. The SMILES string of the molecule is Cc1ncc(C(CN)N2CC3CC(C2)O3)cn1. The van der Waals surface area contributed by atoms with Crippen LogP contribution >= 0.6 is 0 Å². The highest BCUT2D eigenvalue weighted by molar-refractivity contribution is 5.13. The summed E-state index contributed by atoms with van der Waals surface area (Å²) in [6.07, 6.45) is 5.81. The number of nitrogens with zero attached hydrogens (tertiary/aromatic N) is 3. The number of morpholine rings is 1. The van der Waals surface area contributed by atoms with Crippen LogP contribution < -0.4 is 5.73 Å². The van der Waals surface area contributed by atoms with Gasteiger partial charge in [0.1, 0.15) is 5.82 Å². The topological polar surface area (TPSA) is 64.3 Å². The summed E-state index contributed by atoms with van der Waals surface area (Å²) in [5.41, 5.74) is 7.01. The van der Waals surface area contributed by atoms with Crippen LogP contribution in [0.2, 0.25) is 0 Å². The highest BCUT2D eigenvalue weighted by Gasteiger charge is 2.40. The van der Waals surface area contributed by atoms with Gasteiger partial charge in [0.2, 0.25) is 0 Å². The second-order valence-electron chi connectivity index (χ2n) is 4.88. The van der Waals surface area contributed by atoms with E-state index in [0.29, 0.717) is 18.8 Å². The Kier molecular flexibility index (Phi) is 2.82. The van der Waals surface area contributed by atoms with E-state index in [1.807, 2.05) is 19.3 Å². The molecule has 0 aliphatic carbocycles. The van der Waals surface area contributed by atoms with Crippen LogP contribution in [0.4, 0.5) is 0 Å². The fraction of sp³-hybridized carbons (Fsp3) is 0.667. The molecule has 3 aliphatic rings. The maximum Gasteiger partial charge on any atom is 0.125 e. The minimum absolute atomic E-state index is 0.227. The molecule has 3 atom stereocenters. The summed E-state index contributed by atoms with van der Waals surface area (Å²) in [5.74, 6) is 0.800. The summed E-state index contributed by atoms with van der Waals surface area (Å²) in [6, 6.07) is 0.227. The van der Waals surface area contributed by atoms with Gasteiger partial charge >= 0.3 is 0 Å². The number of aryl methyl sites for hydroxylation is 1. The van der Waals surface area contributed by atoms with E-state index < -0.39 is 0 Å². The lowest BCUT2D eigenvalue weighted by Crippen LogP contribution is -2.58. The van der Waals surface area contributed by atoms with Crippen LogP contribution in [0.25, 0.3) is 0 Å². The van der Waals surface area contributed by atoms with Gasteiger partial charge in [-0.3, -0.25) is 4.90 Å². The van der Waals surface area contributed by atoms with Crippen LogP contribution in [0.15, 0.2) is 12.4 Å². The average molecular weight is 234 g/mol. The number of piperidine rings is 1. The third-order valence-corrected chi connectivity index (χ3v) is 3.64. The Morgan fingerprint density at radius 3 is 2.53 bits per heavy atom. The molecule has 5 nitrogen and oxygen atoms in total. The highest BCUT2D eigenvalue weighted by Crippen LogP contribution is 2.32. The minimum atomic E-state index is 0.227. The normalized spacial score (nSPS) is 29.8. The Morgan fingerprint density at radius 1 is 1.41 bits per heavy atom. The Hall–Kier alpha value is -1.04. The number of nitrogens with two attached hydrogens (primary N) is 1. The van der Waals surface area contributed by atoms with Crippen LogP contribution in [0.5, 0.6) is 0 Å². The lowest BCUT2D eigenvalue weighted by Gasteiger charge is -2.49. The molecule has 4 rings (SSSR count). The maximum absolute atomic E-state index is 5.90. The van der Waals surface area contributed by atoms with Crippen molar-refractivity contribution in [2.24, 2.45) is 5.73 Å². The van der Waals surface area contributed by atoms with Gasteiger partial charge in [0, 0.05) is 44.0 Å². The molecule has 0 saturated carbocycles. The molecule has 2 N–H and O–H groups in total. The van der Waals surface area contributed by atoms with Crippen molar-refractivity contribution < 1.29 is 4.74 Å². The number of fused-ring (bicyclic) bond motifs is 2. The zero-order valence-electron chi connectivity index (χ0n) is 10.0. The summed E-state index contributed by atoms with van der Waals surface area (Å²) in [4.78, 5) is 10.9. The van der Waals surface area contributed by atoms with E-state index >= 15 is 0 Å². The predicted octanol–water partition coefficient (Wildman–Crippen LogP) is 0.258. The van der Waals surface area contributed by atoms with E-state index in [0.717, 1.165) is 24.5 Å². The van der Waals surface area contributed by atoms with Crippen molar-refractivity contribution in [3.63, 3.8) is 0 Å². The van der Waals surface area contributed by atoms with Crippen LogP contribution in [0, 0.1) is 6.92 Å². The molecule has 5 heteroatoms. The van der Waals surface area contributed by atoms with Gasteiger partial charge in [0.15, 0.2) is 0 Å². The van der Waals surface area contributed by atoms with E-state index in [1.165, 1.54) is 6.42 Å². The minimum Gasteiger partial charge on any atom is -0.372 e. The summed E-state index contributed by atoms with van der Waals surface area (Å²) in [7, 11) is 0. The summed E-state index contributed by atoms with van der Waals surface area (Å²) in [5, 5.41) is 0. The van der Waals surface area contributed by atoms with Crippen LogP contribution in [-0.4, -0.2) is 46.7 Å². The standard InChI is InChI=1S/C12H18N4O/c1-8-14-4-9(5-15-8)12(3-13)16-6-10-2-11(7-16)17-10/h4-5,10-12H,2-3,6-7,13H2,1H3. The molecule has 3 unspecified atom stereocenters. The van der Waals surface area contributed by atoms with Crippen molar-refractivity contribution in [3.05, 3.63) is 23.8 Å². The molecular formula is C12H18N4O. The lowest BCUT2D eigenvalue weighted by molar-refractivity contribution is -0.188. The van der Waals surface area contributed by atoms with Gasteiger partial charge in [-0.2, -0.15) is 0 Å². The van der Waals surface area contributed by atoms with Crippen molar-refractivity contribution >= 4 is 0 Å². The Labute approximate surface area is 101 Å². The summed E-state index contributed by atoms with van der Waals surface area (Å²) >= 11 is 0. The second-order valence-corrected chi connectivity index (χ2v) is 4.88. The van der Waals surface area contributed by atoms with Gasteiger partial charge in [-0.15, -0.1) is 0 Å². The number of hydrogen-bond acceptors (Lipinski definition) is 5. The molecule has 0 amide bonds. The highest BCUT2D eigenvalue weighted by atomic mass is 16.5. The largest absolute Gasteiger partial charge is 0.372 e. The Bertz CT molecular complexity index is 378. The van der Waals surface area contributed by atoms with Crippen molar-refractivity contribution in [3.8, 4) is 0 Å². The zero-order chi connectivity index (χ0) is 11.8. The first kappa shape index (κ1) is 11.1.